The molecule has 150 valence electrons. The van der Waals surface area contributed by atoms with Crippen molar-refractivity contribution < 1.29 is 14.3 Å². The van der Waals surface area contributed by atoms with Crippen LogP contribution < -0.4 is 5.32 Å². The van der Waals surface area contributed by atoms with E-state index in [4.69, 9.17) is 4.74 Å². The predicted octanol–water partition coefficient (Wildman–Crippen LogP) is 5.04. The van der Waals surface area contributed by atoms with E-state index in [0.717, 1.165) is 22.0 Å². The molecule has 0 radical (unpaired) electrons. The third kappa shape index (κ3) is 3.35. The van der Waals surface area contributed by atoms with Crippen molar-refractivity contribution in [3.8, 4) is 22.3 Å². The third-order valence-electron chi connectivity index (χ3n) is 5.12. The summed E-state index contributed by atoms with van der Waals surface area (Å²) < 4.78 is 5.10. The van der Waals surface area contributed by atoms with Crippen molar-refractivity contribution in [3.05, 3.63) is 84.1 Å². The Bertz CT molecular complexity index is 1230. The Balaban J connectivity index is 2.06. The van der Waals surface area contributed by atoms with Crippen LogP contribution >= 0.6 is 0 Å². The molecular weight excluding hydrogens is 376 g/mol. The number of carbonyl (C=O) groups is 2. The number of methoxy groups -OCH3 is 1. The van der Waals surface area contributed by atoms with Crippen LogP contribution in [-0.4, -0.2) is 30.5 Å². The molecule has 0 aliphatic heterocycles. The minimum atomic E-state index is -0.545. The van der Waals surface area contributed by atoms with Crippen molar-refractivity contribution in [2.24, 2.45) is 0 Å². The molecule has 5 heteroatoms. The summed E-state index contributed by atoms with van der Waals surface area (Å²) in [4.78, 5) is 29.4. The van der Waals surface area contributed by atoms with Gasteiger partial charge < -0.3 is 15.0 Å². The fourth-order valence-corrected chi connectivity index (χ4v) is 3.78. The lowest BCUT2D eigenvalue weighted by molar-refractivity contribution is 0.0597. The molecule has 30 heavy (non-hydrogen) atoms. The lowest BCUT2D eigenvalue weighted by atomic mass is 9.88. The minimum Gasteiger partial charge on any atom is -0.465 e. The standard InChI is InChI=1S/C25H22N2O3/c1-3-26-24(28)22-19(20-15-27-21-12-8-7-11-18(20)21)14-13-17(23(22)25(29)30-2)16-9-5-4-6-10-16/h4-15,27H,3H2,1-2H3,(H,26,28). The van der Waals surface area contributed by atoms with Gasteiger partial charge in [-0.2, -0.15) is 0 Å². The van der Waals surface area contributed by atoms with Gasteiger partial charge in [0.2, 0.25) is 0 Å². The number of hydrogen-bond acceptors (Lipinski definition) is 3. The number of aromatic amines is 1. The highest BCUT2D eigenvalue weighted by Gasteiger charge is 2.27. The Morgan fingerprint density at radius 1 is 0.867 bits per heavy atom. The fourth-order valence-electron chi connectivity index (χ4n) is 3.78. The van der Waals surface area contributed by atoms with Crippen LogP contribution in [0.4, 0.5) is 0 Å². The second-order valence-electron chi connectivity index (χ2n) is 6.88. The van der Waals surface area contributed by atoms with E-state index in [0.29, 0.717) is 23.2 Å². The molecule has 4 rings (SSSR count). The predicted molar refractivity (Wildman–Crippen MR) is 119 cm³/mol. The zero-order chi connectivity index (χ0) is 21.1. The highest BCUT2D eigenvalue weighted by Crippen LogP contribution is 2.37. The van der Waals surface area contributed by atoms with Crippen molar-refractivity contribution in [2.45, 2.75) is 6.92 Å². The molecule has 0 fully saturated rings. The Hall–Kier alpha value is -3.86. The zero-order valence-corrected chi connectivity index (χ0v) is 16.9. The number of fused-ring (bicyclic) bond motifs is 1. The number of nitrogens with one attached hydrogen (secondary N) is 2. The number of esters is 1. The molecule has 2 N–H and O–H groups in total. The SMILES string of the molecule is CCNC(=O)c1c(-c2c[nH]c3ccccc23)ccc(-c2ccccc2)c1C(=O)OC. The molecule has 0 unspecified atom stereocenters. The van der Waals surface area contributed by atoms with Crippen molar-refractivity contribution in [3.63, 3.8) is 0 Å². The van der Waals surface area contributed by atoms with Crippen molar-refractivity contribution in [1.29, 1.82) is 0 Å². The third-order valence-corrected chi connectivity index (χ3v) is 5.12. The van der Waals surface area contributed by atoms with E-state index in [1.807, 2.05) is 79.9 Å². The number of hydrogen-bond donors (Lipinski definition) is 2. The Morgan fingerprint density at radius 2 is 1.57 bits per heavy atom. The van der Waals surface area contributed by atoms with E-state index in [-0.39, 0.29) is 11.5 Å². The van der Waals surface area contributed by atoms with E-state index in [1.165, 1.54) is 7.11 Å². The maximum absolute atomic E-state index is 13.2. The molecule has 0 spiro atoms. The second-order valence-corrected chi connectivity index (χ2v) is 6.88. The largest absolute Gasteiger partial charge is 0.465 e. The first-order valence-corrected chi connectivity index (χ1v) is 9.81. The lowest BCUT2D eigenvalue weighted by Gasteiger charge is -2.17. The summed E-state index contributed by atoms with van der Waals surface area (Å²) in [5.41, 5.74) is 4.57. The quantitative estimate of drug-likeness (QED) is 0.463. The molecule has 0 atom stereocenters. The molecule has 1 amide bonds. The number of ether oxygens (including phenoxy) is 1. The summed E-state index contributed by atoms with van der Waals surface area (Å²) >= 11 is 0. The summed E-state index contributed by atoms with van der Waals surface area (Å²) in [7, 11) is 1.33. The van der Waals surface area contributed by atoms with E-state index < -0.39 is 5.97 Å². The van der Waals surface area contributed by atoms with Gasteiger partial charge in [-0.15, -0.1) is 0 Å². The number of benzene rings is 3. The van der Waals surface area contributed by atoms with Gasteiger partial charge in [-0.25, -0.2) is 4.79 Å². The van der Waals surface area contributed by atoms with E-state index in [1.54, 1.807) is 0 Å². The summed E-state index contributed by atoms with van der Waals surface area (Å²) in [6.45, 7) is 2.30. The number of amides is 1. The van der Waals surface area contributed by atoms with Gasteiger partial charge in [0.05, 0.1) is 18.2 Å². The van der Waals surface area contributed by atoms with Gasteiger partial charge in [0.1, 0.15) is 0 Å². The number of rotatable bonds is 5. The average Bonchev–Trinajstić information content (AvgIpc) is 3.22. The van der Waals surface area contributed by atoms with Gasteiger partial charge in [0.15, 0.2) is 0 Å². The van der Waals surface area contributed by atoms with Gasteiger partial charge >= 0.3 is 5.97 Å². The summed E-state index contributed by atoms with van der Waals surface area (Å²) in [6.07, 6.45) is 1.87. The minimum absolute atomic E-state index is 0.262. The fraction of sp³-hybridized carbons (Fsp3) is 0.120. The zero-order valence-electron chi connectivity index (χ0n) is 16.9. The second kappa shape index (κ2) is 8.25. The summed E-state index contributed by atoms with van der Waals surface area (Å²) in [5, 5.41) is 3.83. The van der Waals surface area contributed by atoms with Crippen LogP contribution in [0.5, 0.6) is 0 Å². The van der Waals surface area contributed by atoms with E-state index in [9.17, 15) is 9.59 Å². The first-order chi connectivity index (χ1) is 14.7. The van der Waals surface area contributed by atoms with Gasteiger partial charge in [0.25, 0.3) is 5.91 Å². The summed E-state index contributed by atoms with van der Waals surface area (Å²) in [6, 6.07) is 21.2. The highest BCUT2D eigenvalue weighted by molar-refractivity contribution is 6.15. The molecule has 1 aromatic heterocycles. The van der Waals surface area contributed by atoms with Crippen LogP contribution in [0.25, 0.3) is 33.2 Å². The number of H-pyrrole nitrogens is 1. The van der Waals surface area contributed by atoms with Crippen LogP contribution in [-0.2, 0) is 4.74 Å². The van der Waals surface area contributed by atoms with E-state index in [2.05, 4.69) is 10.3 Å². The number of para-hydroxylation sites is 1. The molecule has 3 aromatic carbocycles. The topological polar surface area (TPSA) is 71.2 Å². The van der Waals surface area contributed by atoms with Crippen LogP contribution in [0.3, 0.4) is 0 Å². The molecule has 0 aliphatic rings. The monoisotopic (exact) mass is 398 g/mol. The maximum atomic E-state index is 13.2. The molecule has 0 saturated heterocycles. The van der Waals surface area contributed by atoms with Crippen LogP contribution in [0, 0.1) is 0 Å². The highest BCUT2D eigenvalue weighted by atomic mass is 16.5. The van der Waals surface area contributed by atoms with Gasteiger partial charge in [-0.3, -0.25) is 4.79 Å². The Kier molecular flexibility index (Phi) is 5.35. The summed E-state index contributed by atoms with van der Waals surface area (Å²) in [5.74, 6) is -0.854. The molecular formula is C25H22N2O3. The average molecular weight is 398 g/mol. The molecule has 0 bridgehead atoms. The molecule has 1 heterocycles. The van der Waals surface area contributed by atoms with Gasteiger partial charge in [-0.1, -0.05) is 60.7 Å². The van der Waals surface area contributed by atoms with Gasteiger partial charge in [-0.05, 0) is 29.7 Å². The molecule has 4 aromatic rings. The van der Waals surface area contributed by atoms with Crippen LogP contribution in [0.2, 0.25) is 0 Å². The van der Waals surface area contributed by atoms with Crippen LogP contribution in [0.1, 0.15) is 27.6 Å². The smallest absolute Gasteiger partial charge is 0.339 e. The molecule has 0 saturated carbocycles. The molecule has 5 nitrogen and oxygen atoms in total. The first-order valence-electron chi connectivity index (χ1n) is 9.81. The van der Waals surface area contributed by atoms with Gasteiger partial charge in [0, 0.05) is 29.2 Å². The lowest BCUT2D eigenvalue weighted by Crippen LogP contribution is -2.26. The Morgan fingerprint density at radius 3 is 2.30 bits per heavy atom. The first kappa shape index (κ1) is 19.5. The number of carbonyl (C=O) groups excluding carboxylic acids is 2. The van der Waals surface area contributed by atoms with Crippen molar-refractivity contribution in [2.75, 3.05) is 13.7 Å². The van der Waals surface area contributed by atoms with Crippen LogP contribution in [0.15, 0.2) is 72.9 Å². The Labute approximate surface area is 174 Å². The number of aromatic nitrogens is 1. The normalized spacial score (nSPS) is 10.7. The molecule has 0 aliphatic carbocycles. The maximum Gasteiger partial charge on any atom is 0.339 e. The van der Waals surface area contributed by atoms with Crippen molar-refractivity contribution in [1.82, 2.24) is 10.3 Å². The van der Waals surface area contributed by atoms with Crippen molar-refractivity contribution >= 4 is 22.8 Å². The van der Waals surface area contributed by atoms with E-state index >= 15 is 0 Å².